The topological polar surface area (TPSA) is 97.4 Å². The third-order valence-corrected chi connectivity index (χ3v) is 3.96. The first-order chi connectivity index (χ1) is 12.2. The van der Waals surface area contributed by atoms with Gasteiger partial charge in [-0.05, 0) is 23.8 Å². The van der Waals surface area contributed by atoms with Crippen LogP contribution in [0.15, 0.2) is 22.2 Å². The predicted octanol–water partition coefficient (Wildman–Crippen LogP) is 2.23. The zero-order chi connectivity index (χ0) is 19.5. The second-order valence-corrected chi connectivity index (χ2v) is 6.48. The number of halogens is 1. The highest BCUT2D eigenvalue weighted by Gasteiger charge is 2.39. The van der Waals surface area contributed by atoms with E-state index in [0.29, 0.717) is 15.8 Å². The van der Waals surface area contributed by atoms with E-state index >= 15 is 0 Å². The molecule has 0 atom stereocenters. The van der Waals surface area contributed by atoms with Crippen molar-refractivity contribution < 1.29 is 38.1 Å². The summed E-state index contributed by atoms with van der Waals surface area (Å²) in [5.74, 6) is -2.87. The molecule has 0 N–H and O–H groups in total. The van der Waals surface area contributed by atoms with Gasteiger partial charge in [0.1, 0.15) is 5.57 Å². The summed E-state index contributed by atoms with van der Waals surface area (Å²) < 4.78 is 25.7. The summed E-state index contributed by atoms with van der Waals surface area (Å²) in [5, 5.41) is 0. The summed E-state index contributed by atoms with van der Waals surface area (Å²) in [4.78, 5) is 35.3. The first-order valence-corrected chi connectivity index (χ1v) is 8.21. The van der Waals surface area contributed by atoms with Crippen LogP contribution in [0.2, 0.25) is 0 Å². The smallest absolute Gasteiger partial charge is 0.348 e. The van der Waals surface area contributed by atoms with Crippen LogP contribution in [0.3, 0.4) is 0 Å². The third kappa shape index (κ3) is 4.54. The number of cyclic esters (lactones) is 2. The van der Waals surface area contributed by atoms with Crippen LogP contribution in [0.4, 0.5) is 0 Å². The van der Waals surface area contributed by atoms with E-state index in [9.17, 15) is 14.4 Å². The van der Waals surface area contributed by atoms with Gasteiger partial charge in [0, 0.05) is 18.3 Å². The van der Waals surface area contributed by atoms with Crippen molar-refractivity contribution in [1.82, 2.24) is 0 Å². The molecular formula is C17H17BrO8. The highest BCUT2D eigenvalue weighted by molar-refractivity contribution is 9.10. The fraction of sp³-hybridized carbons (Fsp3) is 0.353. The molecule has 1 saturated heterocycles. The average Bonchev–Trinajstić information content (AvgIpc) is 2.56. The second-order valence-electron chi connectivity index (χ2n) is 5.63. The van der Waals surface area contributed by atoms with Crippen molar-refractivity contribution in [2.45, 2.75) is 19.6 Å². The van der Waals surface area contributed by atoms with Crippen LogP contribution >= 0.6 is 15.9 Å². The molecule has 0 spiro atoms. The zero-order valence-corrected chi connectivity index (χ0v) is 16.2. The van der Waals surface area contributed by atoms with Gasteiger partial charge in [-0.3, -0.25) is 0 Å². The summed E-state index contributed by atoms with van der Waals surface area (Å²) in [5.41, 5.74) is 0.200. The van der Waals surface area contributed by atoms with Crippen molar-refractivity contribution in [2.75, 3.05) is 20.8 Å². The molecule has 0 aromatic heterocycles. The van der Waals surface area contributed by atoms with Crippen molar-refractivity contribution >= 4 is 39.9 Å². The van der Waals surface area contributed by atoms with E-state index in [2.05, 4.69) is 20.7 Å². The molecule has 140 valence electrons. The van der Waals surface area contributed by atoms with E-state index in [1.807, 2.05) is 0 Å². The van der Waals surface area contributed by atoms with Crippen LogP contribution < -0.4 is 9.47 Å². The van der Waals surface area contributed by atoms with Crippen LogP contribution in [-0.4, -0.2) is 44.5 Å². The van der Waals surface area contributed by atoms with Crippen molar-refractivity contribution in [3.8, 4) is 11.5 Å². The molecule has 2 rings (SSSR count). The maximum atomic E-state index is 12.1. The highest BCUT2D eigenvalue weighted by atomic mass is 79.9. The lowest BCUT2D eigenvalue weighted by Crippen LogP contribution is -2.41. The molecule has 1 aliphatic rings. The minimum Gasteiger partial charge on any atom is -0.493 e. The van der Waals surface area contributed by atoms with Crippen LogP contribution in [0.25, 0.3) is 6.08 Å². The number of carbonyl (C=O) groups is 3. The van der Waals surface area contributed by atoms with Gasteiger partial charge in [-0.25, -0.2) is 14.4 Å². The molecule has 1 aromatic carbocycles. The number of hydrogen-bond acceptors (Lipinski definition) is 8. The molecular weight excluding hydrogens is 412 g/mol. The monoisotopic (exact) mass is 428 g/mol. The highest BCUT2D eigenvalue weighted by Crippen LogP contribution is 2.35. The molecule has 1 aromatic rings. The van der Waals surface area contributed by atoms with Gasteiger partial charge < -0.3 is 23.7 Å². The molecule has 0 radical (unpaired) electrons. The van der Waals surface area contributed by atoms with Crippen molar-refractivity contribution in [3.63, 3.8) is 0 Å². The van der Waals surface area contributed by atoms with Crippen LogP contribution in [-0.2, 0) is 28.6 Å². The average molecular weight is 429 g/mol. The van der Waals surface area contributed by atoms with E-state index in [-0.39, 0.29) is 17.9 Å². The Kier molecular flexibility index (Phi) is 5.91. The Balaban J connectivity index is 2.34. The normalized spacial score (nSPS) is 15.7. The number of rotatable bonds is 5. The Morgan fingerprint density at radius 2 is 1.77 bits per heavy atom. The summed E-state index contributed by atoms with van der Waals surface area (Å²) in [6, 6.07) is 3.07. The predicted molar refractivity (Wildman–Crippen MR) is 92.4 cm³/mol. The second kappa shape index (κ2) is 7.77. The fourth-order valence-electron chi connectivity index (χ4n) is 2.06. The Morgan fingerprint density at radius 1 is 1.15 bits per heavy atom. The summed E-state index contributed by atoms with van der Waals surface area (Å²) in [6.45, 7) is 2.63. The van der Waals surface area contributed by atoms with E-state index in [0.717, 1.165) is 0 Å². The van der Waals surface area contributed by atoms with Crippen molar-refractivity contribution in [2.24, 2.45) is 0 Å². The minimum atomic E-state index is -1.31. The maximum absolute atomic E-state index is 12.1. The SMILES string of the molecule is COC(=O)COc1cc(Br)c(C=C2C(=O)OC(C)(C)OC2=O)cc1OC. The first-order valence-electron chi connectivity index (χ1n) is 7.42. The molecule has 0 aliphatic carbocycles. The minimum absolute atomic E-state index is 0.254. The third-order valence-electron chi connectivity index (χ3n) is 3.27. The summed E-state index contributed by atoms with van der Waals surface area (Å²) >= 11 is 3.32. The standard InChI is InChI=1S/C17H17BrO8/c1-17(2)25-15(20)10(16(21)26-17)5-9-6-12(22-3)13(7-11(9)18)24-8-14(19)23-4/h5-7H,8H2,1-4H3. The fourth-order valence-corrected chi connectivity index (χ4v) is 2.50. The Bertz CT molecular complexity index is 759. The molecule has 26 heavy (non-hydrogen) atoms. The van der Waals surface area contributed by atoms with Gasteiger partial charge in [0.25, 0.3) is 5.79 Å². The van der Waals surface area contributed by atoms with E-state index in [4.69, 9.17) is 18.9 Å². The molecule has 1 aliphatic heterocycles. The number of esters is 3. The molecule has 0 unspecified atom stereocenters. The van der Waals surface area contributed by atoms with E-state index in [1.165, 1.54) is 46.3 Å². The maximum Gasteiger partial charge on any atom is 0.348 e. The van der Waals surface area contributed by atoms with Crippen molar-refractivity contribution in [3.05, 3.63) is 27.7 Å². The number of methoxy groups -OCH3 is 2. The van der Waals surface area contributed by atoms with Gasteiger partial charge in [0.05, 0.1) is 14.2 Å². The van der Waals surface area contributed by atoms with E-state index in [1.54, 1.807) is 0 Å². The van der Waals surface area contributed by atoms with E-state index < -0.39 is 23.7 Å². The van der Waals surface area contributed by atoms with Gasteiger partial charge >= 0.3 is 17.9 Å². The number of carbonyl (C=O) groups excluding carboxylic acids is 3. The lowest BCUT2D eigenvalue weighted by Gasteiger charge is -2.29. The Hall–Kier alpha value is -2.55. The first kappa shape index (κ1) is 19.8. The molecule has 1 fully saturated rings. The summed E-state index contributed by atoms with van der Waals surface area (Å²) in [6.07, 6.45) is 1.32. The lowest BCUT2D eigenvalue weighted by molar-refractivity contribution is -0.222. The quantitative estimate of drug-likeness (QED) is 0.400. The lowest BCUT2D eigenvalue weighted by atomic mass is 10.1. The molecule has 0 amide bonds. The van der Waals surface area contributed by atoms with Gasteiger partial charge in [-0.2, -0.15) is 0 Å². The number of hydrogen-bond donors (Lipinski definition) is 0. The van der Waals surface area contributed by atoms with Crippen LogP contribution in [0.5, 0.6) is 11.5 Å². The van der Waals surface area contributed by atoms with Gasteiger partial charge in [0.15, 0.2) is 18.1 Å². The number of benzene rings is 1. The van der Waals surface area contributed by atoms with Crippen LogP contribution in [0.1, 0.15) is 19.4 Å². The molecule has 1 heterocycles. The molecule has 8 nitrogen and oxygen atoms in total. The van der Waals surface area contributed by atoms with Crippen molar-refractivity contribution in [1.29, 1.82) is 0 Å². The molecule has 0 saturated carbocycles. The Labute approximate surface area is 158 Å². The van der Waals surface area contributed by atoms with Crippen LogP contribution in [0, 0.1) is 0 Å². The van der Waals surface area contributed by atoms with Gasteiger partial charge in [0.2, 0.25) is 0 Å². The number of ether oxygens (including phenoxy) is 5. The molecule has 0 bridgehead atoms. The van der Waals surface area contributed by atoms with Gasteiger partial charge in [-0.15, -0.1) is 0 Å². The largest absolute Gasteiger partial charge is 0.493 e. The summed E-state index contributed by atoms with van der Waals surface area (Å²) in [7, 11) is 2.66. The molecule has 9 heteroatoms. The van der Waals surface area contributed by atoms with Gasteiger partial charge in [-0.1, -0.05) is 15.9 Å². The zero-order valence-electron chi connectivity index (χ0n) is 14.6. The Morgan fingerprint density at radius 3 is 2.31 bits per heavy atom.